The molecular weight excluding hydrogens is 454 g/mol. The molecule has 2 aliphatic rings. The van der Waals surface area contributed by atoms with Gasteiger partial charge in [0.15, 0.2) is 0 Å². The molecule has 1 aliphatic heterocycles. The Labute approximate surface area is 212 Å². The second-order valence-corrected chi connectivity index (χ2v) is 11.5. The van der Waals surface area contributed by atoms with Crippen molar-refractivity contribution in [2.45, 2.75) is 65.7 Å². The van der Waals surface area contributed by atoms with E-state index in [4.69, 9.17) is 9.97 Å². The monoisotopic (exact) mass is 491 g/mol. The van der Waals surface area contributed by atoms with Gasteiger partial charge >= 0.3 is 6.03 Å². The third-order valence-electron chi connectivity index (χ3n) is 7.35. The van der Waals surface area contributed by atoms with E-state index in [1.54, 1.807) is 0 Å². The summed E-state index contributed by atoms with van der Waals surface area (Å²) in [6.07, 6.45) is 5.46. The molecule has 0 spiro atoms. The average molecular weight is 492 g/mol. The molecule has 7 heteroatoms. The van der Waals surface area contributed by atoms with Crippen LogP contribution in [0.5, 0.6) is 0 Å². The van der Waals surface area contributed by atoms with Crippen molar-refractivity contribution in [2.24, 2.45) is 5.92 Å². The first kappa shape index (κ1) is 24.0. The molecule has 1 aliphatic carbocycles. The minimum absolute atomic E-state index is 0.0247. The molecule has 0 radical (unpaired) electrons. The lowest BCUT2D eigenvalue weighted by atomic mass is 9.89. The largest absolute Gasteiger partial charge is 0.352 e. The third kappa shape index (κ3) is 5.01. The summed E-state index contributed by atoms with van der Waals surface area (Å²) in [5, 5.41) is 4.35. The van der Waals surface area contributed by atoms with Gasteiger partial charge in [0.1, 0.15) is 16.5 Å². The maximum Gasteiger partial charge on any atom is 0.321 e. The number of thiophene rings is 1. The van der Waals surface area contributed by atoms with E-state index >= 15 is 0 Å². The first-order chi connectivity index (χ1) is 16.9. The predicted octanol–water partition coefficient (Wildman–Crippen LogP) is 6.25. The Morgan fingerprint density at radius 1 is 1.14 bits per heavy atom. The number of hydrogen-bond acceptors (Lipinski definition) is 5. The summed E-state index contributed by atoms with van der Waals surface area (Å²) in [6.45, 7) is 11.8. The summed E-state index contributed by atoms with van der Waals surface area (Å²) < 4.78 is 0. The van der Waals surface area contributed by atoms with Crippen molar-refractivity contribution < 1.29 is 4.79 Å². The highest BCUT2D eigenvalue weighted by Gasteiger charge is 2.28. The fraction of sp³-hybridized carbons (Fsp3) is 0.536. The molecule has 0 saturated carbocycles. The van der Waals surface area contributed by atoms with Gasteiger partial charge < -0.3 is 15.1 Å². The normalized spacial score (nSPS) is 18.3. The third-order valence-corrected chi connectivity index (χ3v) is 8.50. The lowest BCUT2D eigenvalue weighted by Crippen LogP contribution is -2.50. The van der Waals surface area contributed by atoms with Crippen LogP contribution in [-0.4, -0.2) is 47.1 Å². The zero-order chi connectivity index (χ0) is 24.5. The van der Waals surface area contributed by atoms with Crippen LogP contribution in [0.15, 0.2) is 24.3 Å². The molecule has 1 fully saturated rings. The van der Waals surface area contributed by atoms with Crippen molar-refractivity contribution in [3.05, 3.63) is 46.1 Å². The number of carbonyl (C=O) groups is 1. The van der Waals surface area contributed by atoms with Crippen LogP contribution in [0.4, 0.5) is 16.3 Å². The van der Waals surface area contributed by atoms with Crippen molar-refractivity contribution in [3.63, 3.8) is 0 Å². The van der Waals surface area contributed by atoms with Crippen molar-refractivity contribution in [1.82, 2.24) is 14.9 Å². The van der Waals surface area contributed by atoms with Crippen LogP contribution in [0, 0.1) is 5.92 Å². The van der Waals surface area contributed by atoms with Gasteiger partial charge in [0.05, 0.1) is 5.39 Å². The summed E-state index contributed by atoms with van der Waals surface area (Å²) in [5.74, 6) is 3.27. The molecule has 6 nitrogen and oxygen atoms in total. The van der Waals surface area contributed by atoms with Gasteiger partial charge in [-0.3, -0.25) is 0 Å². The summed E-state index contributed by atoms with van der Waals surface area (Å²) >= 11 is 1.88. The van der Waals surface area contributed by atoms with Gasteiger partial charge in [-0.2, -0.15) is 0 Å². The summed E-state index contributed by atoms with van der Waals surface area (Å²) in [6, 6.07) is 8.15. The maximum absolute atomic E-state index is 12.9. The van der Waals surface area contributed by atoms with Gasteiger partial charge in [-0.15, -0.1) is 11.3 Å². The van der Waals surface area contributed by atoms with Crippen LogP contribution in [-0.2, 0) is 19.3 Å². The Bertz CT molecular complexity index is 1190. The Kier molecular flexibility index (Phi) is 6.96. The van der Waals surface area contributed by atoms with E-state index in [9.17, 15) is 4.79 Å². The number of anilines is 2. The molecule has 0 unspecified atom stereocenters. The van der Waals surface area contributed by atoms with Crippen LogP contribution in [0.25, 0.3) is 10.2 Å². The number of amides is 2. The number of rotatable bonds is 5. The molecule has 3 aromatic rings. The molecule has 1 aromatic carbocycles. The molecule has 186 valence electrons. The lowest BCUT2D eigenvalue weighted by Gasteiger charge is -2.36. The average Bonchev–Trinajstić information content (AvgIpc) is 3.21. The number of aryl methyl sites for hydroxylation is 2. The zero-order valence-corrected chi connectivity index (χ0v) is 22.2. The van der Waals surface area contributed by atoms with Gasteiger partial charge in [-0.25, -0.2) is 14.8 Å². The van der Waals surface area contributed by atoms with Crippen LogP contribution < -0.4 is 10.2 Å². The summed E-state index contributed by atoms with van der Waals surface area (Å²) in [5.41, 5.74) is 3.61. The van der Waals surface area contributed by atoms with Gasteiger partial charge in [0.2, 0.25) is 0 Å². The molecule has 2 aromatic heterocycles. The number of aromatic nitrogens is 2. The summed E-state index contributed by atoms with van der Waals surface area (Å²) in [4.78, 5) is 29.9. The number of piperazine rings is 1. The lowest BCUT2D eigenvalue weighted by molar-refractivity contribution is 0.208. The SMILES string of the molecule is CCCc1nc(N2CCN(C(=O)Nc3ccc(C(C)C)cc3)CC2)c2c3c(sc2n1)C[C@H](C)CC3. The molecule has 5 rings (SSSR count). The van der Waals surface area contributed by atoms with Crippen molar-refractivity contribution in [3.8, 4) is 0 Å². The highest BCUT2D eigenvalue weighted by atomic mass is 32.1. The van der Waals surface area contributed by atoms with E-state index in [1.807, 2.05) is 28.4 Å². The number of carbonyl (C=O) groups excluding carboxylic acids is 1. The Balaban J connectivity index is 1.32. The Morgan fingerprint density at radius 3 is 2.57 bits per heavy atom. The minimum atomic E-state index is -0.0247. The predicted molar refractivity (Wildman–Crippen MR) is 146 cm³/mol. The zero-order valence-electron chi connectivity index (χ0n) is 21.4. The van der Waals surface area contributed by atoms with Crippen LogP contribution >= 0.6 is 11.3 Å². The van der Waals surface area contributed by atoms with Gasteiger partial charge in [0.25, 0.3) is 0 Å². The van der Waals surface area contributed by atoms with Crippen LogP contribution in [0.1, 0.15) is 68.3 Å². The quantitative estimate of drug-likeness (QED) is 0.458. The maximum atomic E-state index is 12.9. The van der Waals surface area contributed by atoms with Gasteiger partial charge in [-0.1, -0.05) is 39.8 Å². The van der Waals surface area contributed by atoms with E-state index in [-0.39, 0.29) is 6.03 Å². The molecule has 3 heterocycles. The number of hydrogen-bond donors (Lipinski definition) is 1. The number of nitrogens with zero attached hydrogens (tertiary/aromatic N) is 4. The smallest absolute Gasteiger partial charge is 0.321 e. The summed E-state index contributed by atoms with van der Waals surface area (Å²) in [7, 11) is 0. The van der Waals surface area contributed by atoms with Crippen molar-refractivity contribution in [1.29, 1.82) is 0 Å². The van der Waals surface area contributed by atoms with E-state index in [1.165, 1.54) is 27.8 Å². The van der Waals surface area contributed by atoms with Crippen molar-refractivity contribution >= 4 is 39.1 Å². The van der Waals surface area contributed by atoms with E-state index in [0.717, 1.165) is 66.9 Å². The molecule has 1 N–H and O–H groups in total. The number of fused-ring (bicyclic) bond motifs is 3. The highest BCUT2D eigenvalue weighted by molar-refractivity contribution is 7.19. The minimum Gasteiger partial charge on any atom is -0.352 e. The van der Waals surface area contributed by atoms with Crippen molar-refractivity contribution in [2.75, 3.05) is 36.4 Å². The highest BCUT2D eigenvalue weighted by Crippen LogP contribution is 2.41. The molecule has 1 saturated heterocycles. The van der Waals surface area contributed by atoms with E-state index < -0.39 is 0 Å². The van der Waals surface area contributed by atoms with Crippen LogP contribution in [0.2, 0.25) is 0 Å². The molecule has 1 atom stereocenters. The Morgan fingerprint density at radius 2 is 1.89 bits per heavy atom. The fourth-order valence-electron chi connectivity index (χ4n) is 5.21. The first-order valence-corrected chi connectivity index (χ1v) is 14.0. The molecule has 2 amide bonds. The molecular formula is C28H37N5OS. The van der Waals surface area contributed by atoms with Gasteiger partial charge in [0, 0.05) is 43.2 Å². The molecule has 0 bridgehead atoms. The topological polar surface area (TPSA) is 61.4 Å². The fourth-order valence-corrected chi connectivity index (χ4v) is 6.60. The van der Waals surface area contributed by atoms with E-state index in [2.05, 4.69) is 50.0 Å². The number of urea groups is 1. The second-order valence-electron chi connectivity index (χ2n) is 10.4. The van der Waals surface area contributed by atoms with Gasteiger partial charge in [-0.05, 0) is 60.8 Å². The second kappa shape index (κ2) is 10.1. The van der Waals surface area contributed by atoms with E-state index in [0.29, 0.717) is 19.0 Å². The van der Waals surface area contributed by atoms with Crippen LogP contribution in [0.3, 0.4) is 0 Å². The standard InChI is InChI=1S/C28H37N5OS/c1-5-6-24-30-26(25-22-12-7-19(4)17-23(22)35-27(25)31-24)32-13-15-33(16-14-32)28(34)29-21-10-8-20(9-11-21)18(2)3/h8-11,18-19H,5-7,12-17H2,1-4H3,(H,29,34)/t19-/m1/s1. The number of nitrogens with one attached hydrogen (secondary N) is 1. The molecule has 35 heavy (non-hydrogen) atoms. The number of benzene rings is 1. The Hall–Kier alpha value is -2.67. The first-order valence-electron chi connectivity index (χ1n) is 13.1.